The Kier molecular flexibility index (Phi) is 4.01. The Bertz CT molecular complexity index is 609. The molecule has 2 atom stereocenters. The van der Waals surface area contributed by atoms with Crippen molar-refractivity contribution in [1.82, 2.24) is 15.8 Å². The summed E-state index contributed by atoms with van der Waals surface area (Å²) in [5.41, 5.74) is 1.62. The fraction of sp³-hybridized carbons (Fsp3) is 0.375. The molecule has 1 saturated heterocycles. The summed E-state index contributed by atoms with van der Waals surface area (Å²) < 4.78 is 5.18. The number of rotatable bonds is 3. The lowest BCUT2D eigenvalue weighted by molar-refractivity contribution is 0.0877. The van der Waals surface area contributed by atoms with Gasteiger partial charge in [-0.15, -0.1) is 0 Å². The Hall–Kier alpha value is -2.14. The van der Waals surface area contributed by atoms with E-state index in [0.29, 0.717) is 11.6 Å². The minimum Gasteiger partial charge on any atom is -0.350 e. The summed E-state index contributed by atoms with van der Waals surface area (Å²) in [7, 11) is 0. The zero-order valence-electron chi connectivity index (χ0n) is 12.0. The van der Waals surface area contributed by atoms with Crippen molar-refractivity contribution in [2.45, 2.75) is 19.4 Å². The van der Waals surface area contributed by atoms with Crippen molar-refractivity contribution in [3.05, 3.63) is 42.2 Å². The van der Waals surface area contributed by atoms with Crippen molar-refractivity contribution in [3.8, 4) is 11.3 Å². The Morgan fingerprint density at radius 1 is 1.38 bits per heavy atom. The highest BCUT2D eigenvalue weighted by atomic mass is 16.5. The monoisotopic (exact) mass is 285 g/mol. The van der Waals surface area contributed by atoms with Gasteiger partial charge in [0.05, 0.1) is 0 Å². The molecule has 1 amide bonds. The molecule has 0 bridgehead atoms. The normalized spacial score (nSPS) is 22.0. The van der Waals surface area contributed by atoms with Crippen molar-refractivity contribution < 1.29 is 9.32 Å². The van der Waals surface area contributed by atoms with Crippen LogP contribution in [0.2, 0.25) is 0 Å². The van der Waals surface area contributed by atoms with E-state index < -0.39 is 0 Å². The Labute approximate surface area is 123 Å². The zero-order chi connectivity index (χ0) is 14.7. The maximum Gasteiger partial charge on any atom is 0.290 e. The number of nitrogens with zero attached hydrogens (tertiary/aromatic N) is 1. The quantitative estimate of drug-likeness (QED) is 0.906. The minimum absolute atomic E-state index is 0.184. The molecule has 1 aromatic heterocycles. The maximum atomic E-state index is 12.2. The second-order valence-electron chi connectivity index (χ2n) is 5.49. The fourth-order valence-electron chi connectivity index (χ4n) is 2.60. The number of piperidine rings is 1. The van der Waals surface area contributed by atoms with E-state index in [2.05, 4.69) is 22.7 Å². The first kappa shape index (κ1) is 13.8. The van der Waals surface area contributed by atoms with Crippen LogP contribution in [0.4, 0.5) is 0 Å². The van der Waals surface area contributed by atoms with Crippen molar-refractivity contribution in [2.75, 3.05) is 13.1 Å². The molecule has 0 radical (unpaired) electrons. The molecule has 3 rings (SSSR count). The van der Waals surface area contributed by atoms with Crippen LogP contribution in [0, 0.1) is 5.92 Å². The summed E-state index contributed by atoms with van der Waals surface area (Å²) in [6.07, 6.45) is 0.937. The van der Waals surface area contributed by atoms with Gasteiger partial charge in [0, 0.05) is 17.7 Å². The molecule has 21 heavy (non-hydrogen) atoms. The number of carbonyl (C=O) groups excluding carboxylic acids is 1. The first-order valence-electron chi connectivity index (χ1n) is 7.28. The van der Waals surface area contributed by atoms with Gasteiger partial charge in [0.25, 0.3) is 5.91 Å². The van der Waals surface area contributed by atoms with Gasteiger partial charge in [-0.1, -0.05) is 42.4 Å². The van der Waals surface area contributed by atoms with E-state index in [1.807, 2.05) is 30.3 Å². The predicted octanol–water partition coefficient (Wildman–Crippen LogP) is 2.07. The first-order chi connectivity index (χ1) is 10.2. The van der Waals surface area contributed by atoms with Gasteiger partial charge in [0.15, 0.2) is 0 Å². The SMILES string of the molecule is CC1CNCCC1NC(=O)c1cc(-c2ccccc2)no1. The van der Waals surface area contributed by atoms with Crippen molar-refractivity contribution >= 4 is 5.91 Å². The van der Waals surface area contributed by atoms with Crippen LogP contribution in [-0.4, -0.2) is 30.2 Å². The number of carbonyl (C=O) groups is 1. The van der Waals surface area contributed by atoms with Gasteiger partial charge < -0.3 is 15.2 Å². The van der Waals surface area contributed by atoms with Gasteiger partial charge in [-0.25, -0.2) is 0 Å². The highest BCUT2D eigenvalue weighted by Crippen LogP contribution is 2.19. The van der Waals surface area contributed by atoms with Gasteiger partial charge >= 0.3 is 0 Å². The van der Waals surface area contributed by atoms with E-state index in [0.717, 1.165) is 25.1 Å². The van der Waals surface area contributed by atoms with Gasteiger partial charge in [0.2, 0.25) is 5.76 Å². The smallest absolute Gasteiger partial charge is 0.290 e. The van der Waals surface area contributed by atoms with Crippen LogP contribution in [0.1, 0.15) is 23.9 Å². The maximum absolute atomic E-state index is 12.2. The molecular formula is C16H19N3O2. The number of hydrogen-bond donors (Lipinski definition) is 2. The molecule has 0 saturated carbocycles. The lowest BCUT2D eigenvalue weighted by Gasteiger charge is -2.29. The van der Waals surface area contributed by atoms with Crippen LogP contribution in [0.15, 0.2) is 40.9 Å². The highest BCUT2D eigenvalue weighted by molar-refractivity contribution is 5.92. The van der Waals surface area contributed by atoms with Gasteiger partial charge in [0.1, 0.15) is 5.69 Å². The van der Waals surface area contributed by atoms with Crippen LogP contribution in [-0.2, 0) is 0 Å². The molecular weight excluding hydrogens is 266 g/mol. The topological polar surface area (TPSA) is 67.2 Å². The number of nitrogens with one attached hydrogen (secondary N) is 2. The molecule has 0 spiro atoms. The molecule has 2 heterocycles. The molecule has 0 aliphatic carbocycles. The number of aromatic nitrogens is 1. The zero-order valence-corrected chi connectivity index (χ0v) is 12.0. The van der Waals surface area contributed by atoms with E-state index in [4.69, 9.17) is 4.52 Å². The van der Waals surface area contributed by atoms with Crippen molar-refractivity contribution in [3.63, 3.8) is 0 Å². The molecule has 1 fully saturated rings. The third kappa shape index (κ3) is 3.13. The van der Waals surface area contributed by atoms with Crippen LogP contribution in [0.3, 0.4) is 0 Å². The van der Waals surface area contributed by atoms with Crippen LogP contribution >= 0.6 is 0 Å². The van der Waals surface area contributed by atoms with Crippen LogP contribution in [0.5, 0.6) is 0 Å². The summed E-state index contributed by atoms with van der Waals surface area (Å²) in [5, 5.41) is 10.3. The predicted molar refractivity (Wildman–Crippen MR) is 79.8 cm³/mol. The second kappa shape index (κ2) is 6.10. The Balaban J connectivity index is 1.69. The number of benzene rings is 1. The molecule has 2 aromatic rings. The van der Waals surface area contributed by atoms with Crippen molar-refractivity contribution in [2.24, 2.45) is 5.92 Å². The molecule has 2 unspecified atom stereocenters. The first-order valence-corrected chi connectivity index (χ1v) is 7.28. The highest BCUT2D eigenvalue weighted by Gasteiger charge is 2.24. The molecule has 110 valence electrons. The Morgan fingerprint density at radius 2 is 2.19 bits per heavy atom. The Morgan fingerprint density at radius 3 is 2.95 bits per heavy atom. The van der Waals surface area contributed by atoms with E-state index in [1.165, 1.54) is 0 Å². The molecule has 5 nitrogen and oxygen atoms in total. The third-order valence-electron chi connectivity index (χ3n) is 3.91. The minimum atomic E-state index is -0.191. The number of hydrogen-bond acceptors (Lipinski definition) is 4. The van der Waals surface area contributed by atoms with Crippen LogP contribution in [0.25, 0.3) is 11.3 Å². The van der Waals surface area contributed by atoms with E-state index in [1.54, 1.807) is 6.07 Å². The van der Waals surface area contributed by atoms with Crippen molar-refractivity contribution in [1.29, 1.82) is 0 Å². The molecule has 2 N–H and O–H groups in total. The standard InChI is InChI=1S/C16H19N3O2/c1-11-10-17-8-7-13(11)18-16(20)15-9-14(19-21-15)12-5-3-2-4-6-12/h2-6,9,11,13,17H,7-8,10H2,1H3,(H,18,20). The summed E-state index contributed by atoms with van der Waals surface area (Å²) in [6, 6.07) is 11.6. The van der Waals surface area contributed by atoms with Crippen LogP contribution < -0.4 is 10.6 Å². The average Bonchev–Trinajstić information content (AvgIpc) is 3.00. The molecule has 1 aliphatic heterocycles. The van der Waals surface area contributed by atoms with Gasteiger partial charge in [-0.05, 0) is 25.4 Å². The average molecular weight is 285 g/mol. The van der Waals surface area contributed by atoms with Gasteiger partial charge in [-0.2, -0.15) is 0 Å². The van der Waals surface area contributed by atoms with E-state index in [-0.39, 0.29) is 17.7 Å². The summed E-state index contributed by atoms with van der Waals surface area (Å²) in [6.45, 7) is 3.99. The molecule has 1 aliphatic rings. The lowest BCUT2D eigenvalue weighted by Crippen LogP contribution is -2.48. The molecule has 5 heteroatoms. The lowest BCUT2D eigenvalue weighted by atomic mass is 9.95. The summed E-state index contributed by atoms with van der Waals surface area (Å²) in [5.74, 6) is 0.488. The largest absolute Gasteiger partial charge is 0.350 e. The number of amides is 1. The van der Waals surface area contributed by atoms with E-state index in [9.17, 15) is 4.79 Å². The van der Waals surface area contributed by atoms with E-state index >= 15 is 0 Å². The second-order valence-corrected chi connectivity index (χ2v) is 5.49. The molecule has 1 aromatic carbocycles. The third-order valence-corrected chi connectivity index (χ3v) is 3.91. The fourth-order valence-corrected chi connectivity index (χ4v) is 2.60. The summed E-state index contributed by atoms with van der Waals surface area (Å²) >= 11 is 0. The van der Waals surface area contributed by atoms with Gasteiger partial charge in [-0.3, -0.25) is 4.79 Å². The summed E-state index contributed by atoms with van der Waals surface area (Å²) in [4.78, 5) is 12.2.